The van der Waals surface area contributed by atoms with Crippen LogP contribution < -0.4 is 0 Å². The van der Waals surface area contributed by atoms with Gasteiger partial charge in [0.05, 0.1) is 0 Å². The Balaban J connectivity index is 3.04. The van der Waals surface area contributed by atoms with Gasteiger partial charge in [-0.3, -0.25) is 0 Å². The maximum atomic E-state index is 3.41. The molecule has 38 valence electrons. The minimum absolute atomic E-state index is 0.612. The monoisotopic (exact) mass is 336 g/mol. The van der Waals surface area contributed by atoms with Crippen molar-refractivity contribution in [1.29, 1.82) is 0 Å². The third-order valence-electron chi connectivity index (χ3n) is 0.540. The molecule has 0 aromatic carbocycles. The van der Waals surface area contributed by atoms with Gasteiger partial charge in [-0.1, -0.05) is 0 Å². The molecular weight excluding hydrogens is 334 g/mol. The summed E-state index contributed by atoms with van der Waals surface area (Å²) >= 11 is 6.38. The fourth-order valence-corrected chi connectivity index (χ4v) is 5.28. The van der Waals surface area contributed by atoms with Crippen molar-refractivity contribution in [3.8, 4) is 0 Å². The van der Waals surface area contributed by atoms with Crippen LogP contribution in [0.15, 0.2) is 15.5 Å². The molecule has 0 radical (unpaired) electrons. The number of halogens is 2. The average molecular weight is 336 g/mol. The molecule has 0 spiro atoms. The third-order valence-corrected chi connectivity index (χ3v) is 4.54. The standard InChI is InChI=1S/C4H2BrISe/c5-3-1-2-4(6)7-3/h1-2H. The van der Waals surface area contributed by atoms with Gasteiger partial charge in [-0.05, 0) is 0 Å². The molecule has 0 aliphatic carbocycles. The van der Waals surface area contributed by atoms with Crippen molar-refractivity contribution in [2.75, 3.05) is 0 Å². The van der Waals surface area contributed by atoms with Gasteiger partial charge in [0.2, 0.25) is 0 Å². The Morgan fingerprint density at radius 2 is 2.29 bits per heavy atom. The third kappa shape index (κ3) is 1.88. The van der Waals surface area contributed by atoms with Crippen LogP contribution >= 0.6 is 38.5 Å². The SMILES string of the molecule is Brc1ccc(I)[se]1. The summed E-state index contributed by atoms with van der Waals surface area (Å²) in [5.41, 5.74) is 0. The van der Waals surface area contributed by atoms with E-state index in [-0.39, 0.29) is 0 Å². The first-order chi connectivity index (χ1) is 3.29. The molecule has 0 unspecified atom stereocenters. The molecule has 1 aromatic heterocycles. The van der Waals surface area contributed by atoms with Gasteiger partial charge in [-0.2, -0.15) is 0 Å². The Morgan fingerprint density at radius 1 is 1.57 bits per heavy atom. The fourth-order valence-electron chi connectivity index (χ4n) is 0.292. The molecule has 1 rings (SSSR count). The molecule has 3 heteroatoms. The van der Waals surface area contributed by atoms with E-state index < -0.39 is 0 Å². The molecule has 0 aliphatic rings. The Labute approximate surface area is 70.3 Å². The Kier molecular flexibility index (Phi) is 2.41. The summed E-state index contributed by atoms with van der Waals surface area (Å²) in [6, 6.07) is 4.26. The molecule has 0 fully saturated rings. The van der Waals surface area contributed by atoms with Gasteiger partial charge in [0, 0.05) is 0 Å². The quantitative estimate of drug-likeness (QED) is 0.503. The molecule has 0 atom stereocenters. The number of hydrogen-bond donors (Lipinski definition) is 0. The molecule has 0 amide bonds. The van der Waals surface area contributed by atoms with E-state index in [1.807, 2.05) is 0 Å². The molecule has 0 nitrogen and oxygen atoms in total. The topological polar surface area (TPSA) is 0 Å². The van der Waals surface area contributed by atoms with Crippen LogP contribution in [0, 0.1) is 2.44 Å². The average Bonchev–Trinajstić information content (AvgIpc) is 1.87. The predicted octanol–water partition coefficient (Wildman–Crippen LogP) is 2.11. The second kappa shape index (κ2) is 2.67. The predicted molar refractivity (Wildman–Crippen MR) is 43.8 cm³/mol. The van der Waals surface area contributed by atoms with Crippen LogP contribution in [-0.2, 0) is 0 Å². The molecule has 0 saturated heterocycles. The fraction of sp³-hybridized carbons (Fsp3) is 0. The van der Waals surface area contributed by atoms with E-state index in [4.69, 9.17) is 0 Å². The summed E-state index contributed by atoms with van der Waals surface area (Å²) in [7, 11) is 0. The molecule has 1 heterocycles. The second-order valence-corrected chi connectivity index (χ2v) is 8.16. The van der Waals surface area contributed by atoms with Gasteiger partial charge in [0.15, 0.2) is 0 Å². The maximum absolute atomic E-state index is 3.41. The van der Waals surface area contributed by atoms with Crippen molar-refractivity contribution in [3.63, 3.8) is 0 Å². The molecule has 7 heavy (non-hydrogen) atoms. The Morgan fingerprint density at radius 3 is 2.43 bits per heavy atom. The molecular formula is C4H2BrISe. The molecule has 0 saturated carbocycles. The van der Waals surface area contributed by atoms with Crippen molar-refractivity contribution >= 4 is 53.0 Å². The zero-order valence-corrected chi connectivity index (χ0v) is 8.78. The van der Waals surface area contributed by atoms with Crippen molar-refractivity contribution in [3.05, 3.63) is 17.9 Å². The first-order valence-corrected chi connectivity index (χ1v) is 5.28. The van der Waals surface area contributed by atoms with E-state index in [0.717, 1.165) is 0 Å². The van der Waals surface area contributed by atoms with Gasteiger partial charge in [0.1, 0.15) is 0 Å². The van der Waals surface area contributed by atoms with Crippen LogP contribution in [0.4, 0.5) is 0 Å². The molecule has 1 aromatic rings. The summed E-state index contributed by atoms with van der Waals surface area (Å²) < 4.78 is 2.82. The normalized spacial score (nSPS) is 9.43. The molecule has 0 bridgehead atoms. The van der Waals surface area contributed by atoms with Crippen LogP contribution in [0.25, 0.3) is 0 Å². The van der Waals surface area contributed by atoms with Gasteiger partial charge in [0.25, 0.3) is 0 Å². The minimum atomic E-state index is 0.612. The zero-order valence-electron chi connectivity index (χ0n) is 3.32. The van der Waals surface area contributed by atoms with Gasteiger partial charge < -0.3 is 0 Å². The van der Waals surface area contributed by atoms with E-state index >= 15 is 0 Å². The van der Waals surface area contributed by atoms with Crippen molar-refractivity contribution in [2.24, 2.45) is 0 Å². The van der Waals surface area contributed by atoms with Crippen LogP contribution in [0.2, 0.25) is 0 Å². The summed E-state index contributed by atoms with van der Waals surface area (Å²) in [5, 5.41) is 0. The summed E-state index contributed by atoms with van der Waals surface area (Å²) in [5.74, 6) is 0. The Bertz CT molecular complexity index is 144. The van der Waals surface area contributed by atoms with E-state index in [1.54, 1.807) is 0 Å². The zero-order chi connectivity index (χ0) is 5.28. The number of hydrogen-bond acceptors (Lipinski definition) is 0. The Hall–Kier alpha value is 1.21. The van der Waals surface area contributed by atoms with E-state index in [1.165, 1.54) is 5.79 Å². The van der Waals surface area contributed by atoms with Crippen LogP contribution in [-0.4, -0.2) is 14.5 Å². The summed E-state index contributed by atoms with van der Waals surface area (Å²) in [6.45, 7) is 0. The van der Waals surface area contributed by atoms with Crippen molar-refractivity contribution < 1.29 is 0 Å². The van der Waals surface area contributed by atoms with E-state index in [2.05, 4.69) is 50.7 Å². The van der Waals surface area contributed by atoms with Crippen LogP contribution in [0.3, 0.4) is 0 Å². The van der Waals surface area contributed by atoms with E-state index in [0.29, 0.717) is 14.5 Å². The van der Waals surface area contributed by atoms with Crippen molar-refractivity contribution in [1.82, 2.24) is 0 Å². The van der Waals surface area contributed by atoms with Crippen LogP contribution in [0.5, 0.6) is 0 Å². The van der Waals surface area contributed by atoms with E-state index in [9.17, 15) is 0 Å². The first-order valence-electron chi connectivity index (χ1n) is 1.70. The van der Waals surface area contributed by atoms with Gasteiger partial charge >= 0.3 is 70.9 Å². The van der Waals surface area contributed by atoms with Crippen LogP contribution in [0.1, 0.15) is 0 Å². The van der Waals surface area contributed by atoms with Crippen molar-refractivity contribution in [2.45, 2.75) is 0 Å². The molecule has 0 N–H and O–H groups in total. The first kappa shape index (κ1) is 6.33. The summed E-state index contributed by atoms with van der Waals surface area (Å²) in [6.07, 6.45) is 0. The second-order valence-electron chi connectivity index (χ2n) is 1.04. The number of rotatable bonds is 0. The molecule has 0 aliphatic heterocycles. The van der Waals surface area contributed by atoms with Gasteiger partial charge in [-0.25, -0.2) is 0 Å². The van der Waals surface area contributed by atoms with Gasteiger partial charge in [-0.15, -0.1) is 0 Å². The summed E-state index contributed by atoms with van der Waals surface area (Å²) in [4.78, 5) is 0.